The number of nitrogens with zero attached hydrogens (tertiary/aromatic N) is 1. The maximum atomic E-state index is 12.7. The van der Waals surface area contributed by atoms with Gasteiger partial charge < -0.3 is 20.1 Å². The first-order valence-electron chi connectivity index (χ1n) is 11.2. The molecule has 2 unspecified atom stereocenters. The normalized spacial score (nSPS) is 19.7. The maximum absolute atomic E-state index is 12.7. The van der Waals surface area contributed by atoms with Gasteiger partial charge in [-0.3, -0.25) is 4.79 Å². The van der Waals surface area contributed by atoms with Gasteiger partial charge in [0.1, 0.15) is 12.6 Å². The van der Waals surface area contributed by atoms with Gasteiger partial charge in [-0.05, 0) is 41.5 Å². The number of hydrogen-bond donors (Lipinski definition) is 2. The molecule has 1 fully saturated rings. The molecule has 0 bridgehead atoms. The van der Waals surface area contributed by atoms with Gasteiger partial charge in [-0.25, -0.2) is 9.59 Å². The summed E-state index contributed by atoms with van der Waals surface area (Å²) in [5.74, 6) is -1.41. The van der Waals surface area contributed by atoms with E-state index in [4.69, 9.17) is 4.74 Å². The SMILES string of the molecule is C/C(=C\CNC(=O)OCC1c2ccccc2-c2ccccc21)C(=O)N1CCC(C)C1C(=O)O. The van der Waals surface area contributed by atoms with E-state index in [0.29, 0.717) is 18.5 Å². The molecule has 7 nitrogen and oxygen atoms in total. The Morgan fingerprint density at radius 2 is 1.70 bits per heavy atom. The van der Waals surface area contributed by atoms with Crippen LogP contribution < -0.4 is 5.32 Å². The number of ether oxygens (including phenoxy) is 1. The van der Waals surface area contributed by atoms with Crippen LogP contribution in [0.2, 0.25) is 0 Å². The summed E-state index contributed by atoms with van der Waals surface area (Å²) in [6, 6.07) is 15.4. The average molecular weight is 449 g/mol. The van der Waals surface area contributed by atoms with Crippen LogP contribution in [0.15, 0.2) is 60.2 Å². The monoisotopic (exact) mass is 448 g/mol. The summed E-state index contributed by atoms with van der Waals surface area (Å²) in [6.45, 7) is 4.22. The first kappa shape index (κ1) is 22.6. The summed E-state index contributed by atoms with van der Waals surface area (Å²) < 4.78 is 5.49. The van der Waals surface area contributed by atoms with Crippen LogP contribution in [-0.2, 0) is 14.3 Å². The van der Waals surface area contributed by atoms with E-state index in [1.807, 2.05) is 31.2 Å². The van der Waals surface area contributed by atoms with Gasteiger partial charge in [0.2, 0.25) is 5.91 Å². The molecule has 4 rings (SSSR count). The molecule has 7 heteroatoms. The maximum Gasteiger partial charge on any atom is 0.407 e. The summed E-state index contributed by atoms with van der Waals surface area (Å²) >= 11 is 0. The topological polar surface area (TPSA) is 95.9 Å². The lowest BCUT2D eigenvalue weighted by molar-refractivity contribution is -0.148. The molecular weight excluding hydrogens is 420 g/mol. The molecule has 1 heterocycles. The highest BCUT2D eigenvalue weighted by atomic mass is 16.5. The number of carboxylic acid groups (broad SMARTS) is 1. The van der Waals surface area contributed by atoms with Crippen LogP contribution in [0.3, 0.4) is 0 Å². The van der Waals surface area contributed by atoms with Gasteiger partial charge in [-0.2, -0.15) is 0 Å². The lowest BCUT2D eigenvalue weighted by atomic mass is 9.98. The zero-order chi connectivity index (χ0) is 23.5. The largest absolute Gasteiger partial charge is 0.480 e. The van der Waals surface area contributed by atoms with Gasteiger partial charge in [0.05, 0.1) is 0 Å². The molecule has 2 aromatic rings. The average Bonchev–Trinajstić information content (AvgIpc) is 3.35. The molecule has 1 aliphatic carbocycles. The molecule has 0 aromatic heterocycles. The quantitative estimate of drug-likeness (QED) is 0.656. The van der Waals surface area contributed by atoms with Gasteiger partial charge in [-0.1, -0.05) is 61.5 Å². The second-order valence-corrected chi connectivity index (χ2v) is 8.64. The number of carbonyl (C=O) groups is 3. The molecule has 2 N–H and O–H groups in total. The molecule has 2 aromatic carbocycles. The number of benzene rings is 2. The fourth-order valence-corrected chi connectivity index (χ4v) is 4.80. The van der Waals surface area contributed by atoms with Gasteiger partial charge >= 0.3 is 12.1 Å². The number of likely N-dealkylation sites (tertiary alicyclic amines) is 1. The first-order chi connectivity index (χ1) is 15.9. The fourth-order valence-electron chi connectivity index (χ4n) is 4.80. The minimum Gasteiger partial charge on any atom is -0.480 e. The lowest BCUT2D eigenvalue weighted by Gasteiger charge is -2.23. The molecule has 2 amide bonds. The zero-order valence-electron chi connectivity index (χ0n) is 18.8. The summed E-state index contributed by atoms with van der Waals surface area (Å²) in [7, 11) is 0. The Morgan fingerprint density at radius 1 is 1.09 bits per heavy atom. The summed E-state index contributed by atoms with van der Waals surface area (Å²) in [6.07, 6.45) is 1.69. The Morgan fingerprint density at radius 3 is 2.30 bits per heavy atom. The van der Waals surface area contributed by atoms with E-state index in [0.717, 1.165) is 22.3 Å². The second kappa shape index (κ2) is 9.48. The standard InChI is InChI=1S/C26H28N2O5/c1-16-12-14-28(23(16)25(30)31)24(29)17(2)11-13-27-26(32)33-15-22-20-9-5-3-7-18(20)19-8-4-6-10-21(19)22/h3-11,16,22-23H,12-15H2,1-2H3,(H,27,32)(H,30,31)/b17-11+. The predicted octanol–water partition coefficient (Wildman–Crippen LogP) is 3.79. The Kier molecular flexibility index (Phi) is 6.49. The number of fused-ring (bicyclic) bond motifs is 3. The number of nitrogens with one attached hydrogen (secondary N) is 1. The smallest absolute Gasteiger partial charge is 0.407 e. The van der Waals surface area contributed by atoms with Gasteiger partial charge in [0, 0.05) is 24.6 Å². The van der Waals surface area contributed by atoms with Crippen molar-refractivity contribution in [1.82, 2.24) is 10.2 Å². The zero-order valence-corrected chi connectivity index (χ0v) is 18.8. The van der Waals surface area contributed by atoms with Gasteiger partial charge in [0.25, 0.3) is 0 Å². The van der Waals surface area contributed by atoms with Gasteiger partial charge in [0.15, 0.2) is 0 Å². The van der Waals surface area contributed by atoms with Crippen molar-refractivity contribution in [3.63, 3.8) is 0 Å². The molecule has 0 radical (unpaired) electrons. The minimum atomic E-state index is -0.988. The molecule has 2 atom stereocenters. The Bertz CT molecular complexity index is 1060. The summed E-state index contributed by atoms with van der Waals surface area (Å²) in [4.78, 5) is 37.8. The van der Waals surface area contributed by atoms with Crippen LogP contribution in [0, 0.1) is 5.92 Å². The Balaban J connectivity index is 1.32. The minimum absolute atomic E-state index is 0.0212. The fraction of sp³-hybridized carbons (Fsp3) is 0.346. The number of aliphatic carboxylic acids is 1. The Labute approximate surface area is 193 Å². The van der Waals surface area contributed by atoms with Crippen molar-refractivity contribution in [1.29, 1.82) is 0 Å². The number of carbonyl (C=O) groups excluding carboxylic acids is 2. The first-order valence-corrected chi connectivity index (χ1v) is 11.2. The van der Waals surface area contributed by atoms with Crippen LogP contribution in [0.5, 0.6) is 0 Å². The highest BCUT2D eigenvalue weighted by Gasteiger charge is 2.39. The van der Waals surface area contributed by atoms with Crippen molar-refractivity contribution in [2.75, 3.05) is 19.7 Å². The van der Waals surface area contributed by atoms with Crippen molar-refractivity contribution in [2.45, 2.75) is 32.2 Å². The van der Waals surface area contributed by atoms with Crippen LogP contribution in [-0.4, -0.2) is 53.7 Å². The summed E-state index contributed by atoms with van der Waals surface area (Å²) in [5.41, 5.74) is 5.00. The van der Waals surface area contributed by atoms with Crippen LogP contribution in [0.4, 0.5) is 4.79 Å². The predicted molar refractivity (Wildman–Crippen MR) is 124 cm³/mol. The van der Waals surface area contributed by atoms with Crippen LogP contribution in [0.1, 0.15) is 37.3 Å². The number of rotatable bonds is 6. The van der Waals surface area contributed by atoms with E-state index in [1.54, 1.807) is 13.0 Å². The van der Waals surface area contributed by atoms with Crippen LogP contribution >= 0.6 is 0 Å². The van der Waals surface area contributed by atoms with Crippen molar-refractivity contribution in [3.8, 4) is 11.1 Å². The highest BCUT2D eigenvalue weighted by Crippen LogP contribution is 2.44. The Hall–Kier alpha value is -3.61. The molecule has 172 valence electrons. The number of amides is 2. The molecule has 2 aliphatic rings. The second-order valence-electron chi connectivity index (χ2n) is 8.64. The van der Waals surface area contributed by atoms with E-state index in [9.17, 15) is 19.5 Å². The molecule has 0 spiro atoms. The third kappa shape index (κ3) is 4.49. The number of hydrogen-bond acceptors (Lipinski definition) is 4. The lowest BCUT2D eigenvalue weighted by Crippen LogP contribution is -2.43. The third-order valence-corrected chi connectivity index (χ3v) is 6.55. The number of carboxylic acids is 1. The van der Waals surface area contributed by atoms with E-state index in [2.05, 4.69) is 29.6 Å². The molecule has 1 aliphatic heterocycles. The highest BCUT2D eigenvalue weighted by molar-refractivity contribution is 5.96. The molecule has 1 saturated heterocycles. The molecule has 0 saturated carbocycles. The number of alkyl carbamates (subject to hydrolysis) is 1. The van der Waals surface area contributed by atoms with E-state index < -0.39 is 18.1 Å². The van der Waals surface area contributed by atoms with Crippen molar-refractivity contribution >= 4 is 18.0 Å². The van der Waals surface area contributed by atoms with Crippen molar-refractivity contribution in [2.24, 2.45) is 5.92 Å². The molecular formula is C26H28N2O5. The van der Waals surface area contributed by atoms with Crippen molar-refractivity contribution in [3.05, 3.63) is 71.3 Å². The van der Waals surface area contributed by atoms with Crippen LogP contribution in [0.25, 0.3) is 11.1 Å². The molecule has 33 heavy (non-hydrogen) atoms. The summed E-state index contributed by atoms with van der Waals surface area (Å²) in [5, 5.41) is 12.1. The van der Waals surface area contributed by atoms with Gasteiger partial charge in [-0.15, -0.1) is 0 Å². The van der Waals surface area contributed by atoms with E-state index >= 15 is 0 Å². The van der Waals surface area contributed by atoms with E-state index in [1.165, 1.54) is 4.90 Å². The third-order valence-electron chi connectivity index (χ3n) is 6.55. The van der Waals surface area contributed by atoms with Crippen molar-refractivity contribution < 1.29 is 24.2 Å². The van der Waals surface area contributed by atoms with E-state index in [-0.39, 0.29) is 30.9 Å².